The molecule has 0 aromatic heterocycles. The van der Waals surface area contributed by atoms with Gasteiger partial charge in [0.25, 0.3) is 0 Å². The molecule has 0 spiro atoms. The lowest BCUT2D eigenvalue weighted by molar-refractivity contribution is 0.129. The number of halogens is 1. The van der Waals surface area contributed by atoms with Gasteiger partial charge in [-0.25, -0.2) is 13.4 Å². The highest BCUT2D eigenvalue weighted by molar-refractivity contribution is 14.0. The first-order chi connectivity index (χ1) is 14.4. The third-order valence-electron chi connectivity index (χ3n) is 4.49. The molecule has 6 nitrogen and oxygen atoms in total. The van der Waals surface area contributed by atoms with E-state index < -0.39 is 9.84 Å². The fraction of sp³-hybridized carbons (Fsp3) is 0.458. The molecule has 0 radical (unpaired) electrons. The molecule has 0 aliphatic carbocycles. The van der Waals surface area contributed by atoms with Crippen molar-refractivity contribution in [1.82, 2.24) is 10.6 Å². The highest BCUT2D eigenvalue weighted by Gasteiger charge is 2.15. The Bertz CT molecular complexity index is 1040. The van der Waals surface area contributed by atoms with Crippen molar-refractivity contribution in [2.75, 3.05) is 12.8 Å². The summed E-state index contributed by atoms with van der Waals surface area (Å²) >= 11 is 0. The number of nitrogens with zero attached hydrogens (tertiary/aromatic N) is 1. The van der Waals surface area contributed by atoms with E-state index in [1.54, 1.807) is 13.0 Å². The van der Waals surface area contributed by atoms with Crippen molar-refractivity contribution in [3.8, 4) is 5.75 Å². The summed E-state index contributed by atoms with van der Waals surface area (Å²) in [6.07, 6.45) is 1.23. The van der Waals surface area contributed by atoms with Gasteiger partial charge in [-0.1, -0.05) is 24.3 Å². The van der Waals surface area contributed by atoms with Crippen molar-refractivity contribution in [3.05, 3.63) is 58.7 Å². The number of ether oxygens (including phenoxy) is 1. The van der Waals surface area contributed by atoms with E-state index in [-0.39, 0.29) is 29.6 Å². The molecule has 2 rings (SSSR count). The van der Waals surface area contributed by atoms with Gasteiger partial charge < -0.3 is 15.4 Å². The van der Waals surface area contributed by atoms with Crippen LogP contribution in [0.3, 0.4) is 0 Å². The zero-order valence-electron chi connectivity index (χ0n) is 20.1. The monoisotopic (exact) mass is 573 g/mol. The maximum absolute atomic E-state index is 11.8. The van der Waals surface area contributed by atoms with Crippen LogP contribution in [0.15, 0.2) is 46.3 Å². The van der Waals surface area contributed by atoms with Crippen molar-refractivity contribution in [2.24, 2.45) is 4.99 Å². The van der Waals surface area contributed by atoms with Crippen LogP contribution < -0.4 is 15.4 Å². The lowest BCUT2D eigenvalue weighted by Crippen LogP contribution is -2.37. The predicted molar refractivity (Wildman–Crippen MR) is 143 cm³/mol. The van der Waals surface area contributed by atoms with Crippen LogP contribution in [0.5, 0.6) is 5.75 Å². The molecule has 0 heterocycles. The Morgan fingerprint density at radius 3 is 2.31 bits per heavy atom. The first-order valence-electron chi connectivity index (χ1n) is 10.5. The molecule has 0 aliphatic heterocycles. The average molecular weight is 574 g/mol. The number of hydrogen-bond donors (Lipinski definition) is 2. The summed E-state index contributed by atoms with van der Waals surface area (Å²) in [5.41, 5.74) is 3.61. The lowest BCUT2D eigenvalue weighted by atomic mass is 10.1. The van der Waals surface area contributed by atoms with Crippen LogP contribution in [0.2, 0.25) is 0 Å². The van der Waals surface area contributed by atoms with E-state index in [1.807, 2.05) is 39.8 Å². The highest BCUT2D eigenvalue weighted by Crippen LogP contribution is 2.24. The number of aryl methyl sites for hydroxylation is 2. The molecule has 2 aromatic rings. The van der Waals surface area contributed by atoms with E-state index in [9.17, 15) is 8.42 Å². The molecule has 0 atom stereocenters. The highest BCUT2D eigenvalue weighted by atomic mass is 127. The Labute approximate surface area is 210 Å². The normalized spacial score (nSPS) is 12.2. The van der Waals surface area contributed by atoms with Gasteiger partial charge in [0.2, 0.25) is 0 Å². The number of aliphatic imine (C=N–C) groups is 1. The van der Waals surface area contributed by atoms with Gasteiger partial charge in [-0.3, -0.25) is 0 Å². The summed E-state index contributed by atoms with van der Waals surface area (Å²) in [5.74, 6) is 1.55. The Hall–Kier alpha value is -1.81. The third-order valence-corrected chi connectivity index (χ3v) is 5.74. The fourth-order valence-electron chi connectivity index (χ4n) is 3.15. The number of guanidine groups is 1. The van der Waals surface area contributed by atoms with Crippen LogP contribution in [0.4, 0.5) is 0 Å². The van der Waals surface area contributed by atoms with Gasteiger partial charge in [0, 0.05) is 24.9 Å². The molecule has 0 bridgehead atoms. The molecule has 0 saturated heterocycles. The predicted octanol–water partition coefficient (Wildman–Crippen LogP) is 4.76. The van der Waals surface area contributed by atoms with Gasteiger partial charge in [-0.2, -0.15) is 0 Å². The number of hydrogen-bond acceptors (Lipinski definition) is 4. The second-order valence-corrected chi connectivity index (χ2v) is 10.7. The molecule has 2 aromatic carbocycles. The van der Waals surface area contributed by atoms with Crippen molar-refractivity contribution in [3.63, 3.8) is 0 Å². The van der Waals surface area contributed by atoms with Crippen molar-refractivity contribution < 1.29 is 13.2 Å². The van der Waals surface area contributed by atoms with Gasteiger partial charge >= 0.3 is 0 Å². The minimum Gasteiger partial charge on any atom is -0.488 e. The fourth-order valence-corrected chi connectivity index (χ4v) is 4.11. The van der Waals surface area contributed by atoms with Gasteiger partial charge in [0.1, 0.15) is 11.4 Å². The molecule has 178 valence electrons. The zero-order valence-corrected chi connectivity index (χ0v) is 23.2. The van der Waals surface area contributed by atoms with E-state index in [1.165, 1.54) is 6.26 Å². The summed E-state index contributed by atoms with van der Waals surface area (Å²) in [7, 11) is -3.22. The van der Waals surface area contributed by atoms with Crippen LogP contribution in [0, 0.1) is 13.8 Å². The summed E-state index contributed by atoms with van der Waals surface area (Å²) in [4.78, 5) is 5.02. The summed E-state index contributed by atoms with van der Waals surface area (Å²) < 4.78 is 29.8. The van der Waals surface area contributed by atoms with E-state index >= 15 is 0 Å². The second-order valence-electron chi connectivity index (χ2n) is 8.75. The molecular weight excluding hydrogens is 537 g/mol. The quantitative estimate of drug-likeness (QED) is 0.284. The number of nitrogens with one attached hydrogen (secondary N) is 2. The molecule has 0 amide bonds. The Morgan fingerprint density at radius 2 is 1.75 bits per heavy atom. The van der Waals surface area contributed by atoms with Crippen LogP contribution in [0.1, 0.15) is 49.9 Å². The van der Waals surface area contributed by atoms with Crippen LogP contribution in [-0.4, -0.2) is 32.8 Å². The van der Waals surface area contributed by atoms with E-state index in [0.717, 1.165) is 34.5 Å². The molecular formula is C24H36IN3O3S. The lowest BCUT2D eigenvalue weighted by Gasteiger charge is -2.24. The van der Waals surface area contributed by atoms with Crippen molar-refractivity contribution in [2.45, 2.75) is 65.1 Å². The van der Waals surface area contributed by atoms with Crippen LogP contribution >= 0.6 is 24.0 Å². The molecule has 0 saturated carbocycles. The summed E-state index contributed by atoms with van der Waals surface area (Å²) in [5, 5.41) is 6.62. The van der Waals surface area contributed by atoms with Crippen molar-refractivity contribution >= 4 is 39.8 Å². The maximum atomic E-state index is 11.8. The minimum atomic E-state index is -3.22. The smallest absolute Gasteiger partial charge is 0.191 e. The number of rotatable bonds is 7. The van der Waals surface area contributed by atoms with Gasteiger partial charge in [-0.05, 0) is 70.4 Å². The van der Waals surface area contributed by atoms with Crippen LogP contribution in [-0.2, 0) is 22.9 Å². The van der Waals surface area contributed by atoms with E-state index in [0.29, 0.717) is 23.9 Å². The Balaban J connectivity index is 0.00000512. The van der Waals surface area contributed by atoms with Gasteiger partial charge in [0.15, 0.2) is 15.8 Å². The number of benzene rings is 2. The van der Waals surface area contributed by atoms with Gasteiger partial charge in [-0.15, -0.1) is 24.0 Å². The second kappa shape index (κ2) is 11.9. The Morgan fingerprint density at radius 1 is 1.06 bits per heavy atom. The third kappa shape index (κ3) is 8.97. The summed E-state index contributed by atoms with van der Waals surface area (Å²) in [6, 6.07) is 11.5. The molecule has 8 heteroatoms. The van der Waals surface area contributed by atoms with Crippen molar-refractivity contribution in [1.29, 1.82) is 0 Å². The first kappa shape index (κ1) is 28.2. The zero-order chi connectivity index (χ0) is 23.2. The SMILES string of the molecule is CCNC(=NCc1ccc(S(C)(=O)=O)c(C)c1)NCc1ccc(C)cc1OC(C)(C)C.I. The average Bonchev–Trinajstić information content (AvgIpc) is 2.63. The first-order valence-corrected chi connectivity index (χ1v) is 12.4. The Kier molecular flexibility index (Phi) is 10.5. The largest absolute Gasteiger partial charge is 0.488 e. The molecule has 0 fully saturated rings. The topological polar surface area (TPSA) is 79.8 Å². The van der Waals surface area contributed by atoms with Gasteiger partial charge in [0.05, 0.1) is 11.4 Å². The van der Waals surface area contributed by atoms with E-state index in [2.05, 4.69) is 40.7 Å². The minimum absolute atomic E-state index is 0. The van der Waals surface area contributed by atoms with E-state index in [4.69, 9.17) is 4.74 Å². The molecule has 32 heavy (non-hydrogen) atoms. The number of sulfone groups is 1. The molecule has 0 unspecified atom stereocenters. The summed E-state index contributed by atoms with van der Waals surface area (Å²) in [6.45, 7) is 13.7. The molecule has 0 aliphatic rings. The maximum Gasteiger partial charge on any atom is 0.191 e. The molecule has 2 N–H and O–H groups in total. The van der Waals surface area contributed by atoms with Crippen LogP contribution in [0.25, 0.3) is 0 Å². The standard InChI is InChI=1S/C24H35N3O3S.HI/c1-8-25-23(26-15-19-10-12-22(18(3)14-19)31(7,28)29)27-16-20-11-9-17(2)13-21(20)30-24(4,5)6;/h9-14H,8,15-16H2,1-7H3,(H2,25,26,27);1H.